The molecule has 0 saturated carbocycles. The third-order valence-electron chi connectivity index (χ3n) is 4.14. The first-order valence-corrected chi connectivity index (χ1v) is 7.86. The van der Waals surface area contributed by atoms with E-state index < -0.39 is 5.97 Å². The minimum atomic E-state index is -0.425. The van der Waals surface area contributed by atoms with Gasteiger partial charge in [0.25, 0.3) is 0 Å². The molecule has 0 unspecified atom stereocenters. The van der Waals surface area contributed by atoms with Gasteiger partial charge >= 0.3 is 5.97 Å². The molecule has 0 fully saturated rings. The monoisotopic (exact) mass is 317 g/mol. The molecule has 1 aliphatic rings. The highest BCUT2D eigenvalue weighted by Gasteiger charge is 2.26. The zero-order valence-electron chi connectivity index (χ0n) is 14.8. The van der Waals surface area contributed by atoms with Gasteiger partial charge in [-0.15, -0.1) is 0 Å². The number of amides is 1. The Bertz CT molecular complexity index is 565. The van der Waals surface area contributed by atoms with Crippen LogP contribution in [0.4, 0.5) is 0 Å². The highest BCUT2D eigenvalue weighted by Crippen LogP contribution is 2.40. The van der Waals surface area contributed by atoms with E-state index in [-0.39, 0.29) is 11.3 Å². The van der Waals surface area contributed by atoms with Gasteiger partial charge in [0.15, 0.2) is 0 Å². The van der Waals surface area contributed by atoms with Crippen molar-refractivity contribution in [2.75, 3.05) is 14.2 Å². The normalized spacial score (nSPS) is 18.1. The molecular formula is C19H27NO3. The van der Waals surface area contributed by atoms with E-state index >= 15 is 0 Å². The summed E-state index contributed by atoms with van der Waals surface area (Å²) in [7, 11) is 3.00. The van der Waals surface area contributed by atoms with Gasteiger partial charge in [0.05, 0.1) is 7.11 Å². The van der Waals surface area contributed by atoms with Crippen LogP contribution in [-0.2, 0) is 14.3 Å². The fourth-order valence-electron chi connectivity index (χ4n) is 2.74. The van der Waals surface area contributed by atoms with E-state index in [1.165, 1.54) is 41.7 Å². The molecule has 4 heteroatoms. The molecule has 0 saturated heterocycles. The van der Waals surface area contributed by atoms with Crippen molar-refractivity contribution in [1.29, 1.82) is 0 Å². The van der Waals surface area contributed by atoms with Crippen LogP contribution in [0.1, 0.15) is 40.0 Å². The number of hydrogen-bond donors (Lipinski definition) is 0. The largest absolute Gasteiger partial charge is 0.466 e. The number of ether oxygens (including phenoxy) is 1. The molecule has 0 N–H and O–H groups in total. The van der Waals surface area contributed by atoms with Crippen LogP contribution < -0.4 is 0 Å². The fourth-order valence-corrected chi connectivity index (χ4v) is 2.74. The lowest BCUT2D eigenvalue weighted by molar-refractivity contribution is -0.134. The second-order valence-corrected chi connectivity index (χ2v) is 6.44. The standard InChI is InChI=1S/C19H27NO3/c1-15-9-8-13-19(2,3)16(15)11-12-17(21)20(4)14-7-6-10-18(22)23-5/h6-7,10-12,14H,8-9,13H2,1-5H3/b10-6+,12-11+,14-7+. The Balaban J connectivity index is 2.69. The lowest BCUT2D eigenvalue weighted by Crippen LogP contribution is -2.21. The number of likely N-dealkylation sites (N-methyl/N-ethyl adjacent to an activating group) is 1. The van der Waals surface area contributed by atoms with Crippen molar-refractivity contribution >= 4 is 11.9 Å². The lowest BCUT2D eigenvalue weighted by Gasteiger charge is -2.32. The molecule has 1 amide bonds. The minimum Gasteiger partial charge on any atom is -0.466 e. The van der Waals surface area contributed by atoms with Crippen LogP contribution in [0, 0.1) is 5.41 Å². The summed E-state index contributed by atoms with van der Waals surface area (Å²) in [6.45, 7) is 6.59. The zero-order chi connectivity index (χ0) is 17.5. The van der Waals surface area contributed by atoms with Crippen molar-refractivity contribution in [3.63, 3.8) is 0 Å². The van der Waals surface area contributed by atoms with E-state index in [1.54, 1.807) is 25.4 Å². The van der Waals surface area contributed by atoms with E-state index in [4.69, 9.17) is 0 Å². The topological polar surface area (TPSA) is 46.6 Å². The van der Waals surface area contributed by atoms with Crippen molar-refractivity contribution in [3.8, 4) is 0 Å². The maximum Gasteiger partial charge on any atom is 0.330 e. The van der Waals surface area contributed by atoms with Crippen molar-refractivity contribution in [2.24, 2.45) is 5.41 Å². The third kappa shape index (κ3) is 5.89. The van der Waals surface area contributed by atoms with Gasteiger partial charge in [-0.3, -0.25) is 4.79 Å². The Morgan fingerprint density at radius 3 is 2.52 bits per heavy atom. The van der Waals surface area contributed by atoms with Crippen molar-refractivity contribution in [1.82, 2.24) is 4.90 Å². The van der Waals surface area contributed by atoms with Crippen molar-refractivity contribution in [2.45, 2.75) is 40.0 Å². The number of methoxy groups -OCH3 is 1. The summed E-state index contributed by atoms with van der Waals surface area (Å²) in [5.74, 6) is -0.528. The number of esters is 1. The summed E-state index contributed by atoms with van der Waals surface area (Å²) in [4.78, 5) is 24.5. The minimum absolute atomic E-state index is 0.102. The molecule has 0 radical (unpaired) electrons. The molecule has 0 aromatic heterocycles. The van der Waals surface area contributed by atoms with Gasteiger partial charge in [-0.25, -0.2) is 4.79 Å². The maximum atomic E-state index is 12.1. The molecule has 23 heavy (non-hydrogen) atoms. The number of hydrogen-bond acceptors (Lipinski definition) is 3. The Hall–Kier alpha value is -2.10. The van der Waals surface area contributed by atoms with E-state index in [1.807, 2.05) is 6.08 Å². The summed E-state index contributed by atoms with van der Waals surface area (Å²) in [5.41, 5.74) is 2.75. The molecule has 0 bridgehead atoms. The van der Waals surface area contributed by atoms with Gasteiger partial charge in [-0.05, 0) is 43.3 Å². The molecule has 0 aromatic rings. The lowest BCUT2D eigenvalue weighted by atomic mass is 9.72. The average Bonchev–Trinajstić information content (AvgIpc) is 2.49. The SMILES string of the molecule is COC(=O)/C=C/C=C/N(C)C(=O)/C=C/C1=C(C)CCCC1(C)C. The summed E-state index contributed by atoms with van der Waals surface area (Å²) < 4.78 is 4.48. The van der Waals surface area contributed by atoms with Crippen LogP contribution in [0.25, 0.3) is 0 Å². The van der Waals surface area contributed by atoms with Crippen LogP contribution >= 0.6 is 0 Å². The van der Waals surface area contributed by atoms with Gasteiger partial charge in [0, 0.05) is 25.4 Å². The Labute approximate surface area is 139 Å². The average molecular weight is 317 g/mol. The van der Waals surface area contributed by atoms with Gasteiger partial charge in [-0.2, -0.15) is 0 Å². The van der Waals surface area contributed by atoms with Crippen LogP contribution in [0.2, 0.25) is 0 Å². The number of nitrogens with zero attached hydrogens (tertiary/aromatic N) is 1. The molecule has 0 aliphatic heterocycles. The van der Waals surface area contributed by atoms with E-state index in [0.717, 1.165) is 12.8 Å². The summed E-state index contributed by atoms with van der Waals surface area (Å²) in [5, 5.41) is 0. The second-order valence-electron chi connectivity index (χ2n) is 6.44. The molecule has 0 atom stereocenters. The predicted molar refractivity (Wildman–Crippen MR) is 92.5 cm³/mol. The maximum absolute atomic E-state index is 12.1. The quantitative estimate of drug-likeness (QED) is 0.440. The second kappa shape index (κ2) is 8.51. The Morgan fingerprint density at radius 1 is 1.22 bits per heavy atom. The Kier molecular flexibility index (Phi) is 7.01. The number of rotatable bonds is 5. The van der Waals surface area contributed by atoms with Crippen molar-refractivity contribution < 1.29 is 14.3 Å². The molecule has 4 nitrogen and oxygen atoms in total. The molecule has 0 aromatic carbocycles. The van der Waals surface area contributed by atoms with Crippen LogP contribution in [0.5, 0.6) is 0 Å². The number of carbonyl (C=O) groups excluding carboxylic acids is 2. The number of carbonyl (C=O) groups is 2. The first-order valence-electron chi connectivity index (χ1n) is 7.86. The predicted octanol–water partition coefficient (Wildman–Crippen LogP) is 3.77. The van der Waals surface area contributed by atoms with Crippen LogP contribution in [0.15, 0.2) is 47.7 Å². The van der Waals surface area contributed by atoms with Gasteiger partial charge in [0.2, 0.25) is 5.91 Å². The summed E-state index contributed by atoms with van der Waals surface area (Å²) in [6, 6.07) is 0. The first-order chi connectivity index (χ1) is 10.8. The van der Waals surface area contributed by atoms with E-state index in [9.17, 15) is 9.59 Å². The highest BCUT2D eigenvalue weighted by molar-refractivity contribution is 5.88. The molecule has 1 rings (SSSR count). The summed E-state index contributed by atoms with van der Waals surface area (Å²) in [6.07, 6.45) is 13.1. The van der Waals surface area contributed by atoms with Crippen LogP contribution in [0.3, 0.4) is 0 Å². The van der Waals surface area contributed by atoms with Crippen molar-refractivity contribution in [3.05, 3.63) is 47.7 Å². The van der Waals surface area contributed by atoms with E-state index in [0.29, 0.717) is 0 Å². The Morgan fingerprint density at radius 2 is 1.91 bits per heavy atom. The van der Waals surface area contributed by atoms with Gasteiger partial charge < -0.3 is 9.64 Å². The third-order valence-corrected chi connectivity index (χ3v) is 4.14. The zero-order valence-corrected chi connectivity index (χ0v) is 14.8. The van der Waals surface area contributed by atoms with E-state index in [2.05, 4.69) is 25.5 Å². The molecule has 126 valence electrons. The number of allylic oxidation sites excluding steroid dienone is 5. The highest BCUT2D eigenvalue weighted by atomic mass is 16.5. The molecular weight excluding hydrogens is 290 g/mol. The molecule has 0 heterocycles. The van der Waals surface area contributed by atoms with Crippen LogP contribution in [-0.4, -0.2) is 30.9 Å². The first kappa shape index (κ1) is 18.9. The molecule has 1 aliphatic carbocycles. The fraction of sp³-hybridized carbons (Fsp3) is 0.474. The summed E-state index contributed by atoms with van der Waals surface area (Å²) >= 11 is 0. The van der Waals surface area contributed by atoms with Gasteiger partial charge in [0.1, 0.15) is 0 Å². The molecule has 0 spiro atoms. The van der Waals surface area contributed by atoms with Gasteiger partial charge in [-0.1, -0.05) is 31.6 Å². The smallest absolute Gasteiger partial charge is 0.330 e.